The molecule has 2 rings (SSSR count). The number of likely N-dealkylation sites (N-methyl/N-ethyl adjacent to an activating group) is 2. The van der Waals surface area contributed by atoms with Crippen molar-refractivity contribution in [2.45, 2.75) is 6.54 Å². The smallest absolute Gasteiger partial charge is 0.236 e. The van der Waals surface area contributed by atoms with Crippen LogP contribution in [0.2, 0.25) is 5.02 Å². The lowest BCUT2D eigenvalue weighted by Gasteiger charge is -2.18. The van der Waals surface area contributed by atoms with Crippen molar-refractivity contribution in [1.29, 1.82) is 0 Å². The molecule has 5 nitrogen and oxygen atoms in total. The first kappa shape index (κ1) is 14.8. The van der Waals surface area contributed by atoms with Crippen molar-refractivity contribution in [3.8, 4) is 0 Å². The Balaban J connectivity index is 2.17. The van der Waals surface area contributed by atoms with E-state index in [4.69, 9.17) is 11.6 Å². The quantitative estimate of drug-likeness (QED) is 0.863. The first-order valence-electron chi connectivity index (χ1n) is 6.38. The van der Waals surface area contributed by atoms with Gasteiger partial charge in [0, 0.05) is 26.2 Å². The van der Waals surface area contributed by atoms with E-state index in [1.165, 1.54) is 0 Å². The van der Waals surface area contributed by atoms with Gasteiger partial charge < -0.3 is 9.47 Å². The topological polar surface area (TPSA) is 41.4 Å². The number of hydrogen-bond acceptors (Lipinski definition) is 3. The van der Waals surface area contributed by atoms with E-state index in [0.29, 0.717) is 18.1 Å². The van der Waals surface area contributed by atoms with Crippen LogP contribution in [0.15, 0.2) is 18.2 Å². The number of imidazole rings is 1. The highest BCUT2D eigenvalue weighted by molar-refractivity contribution is 6.31. The predicted molar refractivity (Wildman–Crippen MR) is 80.8 cm³/mol. The summed E-state index contributed by atoms with van der Waals surface area (Å²) in [6.07, 6.45) is 0. The lowest BCUT2D eigenvalue weighted by molar-refractivity contribution is -0.129. The molecule has 0 N–H and O–H groups in total. The third kappa shape index (κ3) is 3.11. The van der Waals surface area contributed by atoms with Gasteiger partial charge in [-0.15, -0.1) is 0 Å². The molecule has 0 aliphatic rings. The van der Waals surface area contributed by atoms with Gasteiger partial charge >= 0.3 is 0 Å². The Morgan fingerprint density at radius 3 is 2.70 bits per heavy atom. The zero-order valence-electron chi connectivity index (χ0n) is 12.2. The fourth-order valence-electron chi connectivity index (χ4n) is 2.03. The molecule has 2 aromatic rings. The molecule has 0 atom stereocenters. The van der Waals surface area contributed by atoms with Crippen molar-refractivity contribution in [2.75, 3.05) is 27.7 Å². The molecule has 0 spiro atoms. The van der Waals surface area contributed by atoms with Crippen molar-refractivity contribution < 1.29 is 4.79 Å². The lowest BCUT2D eigenvalue weighted by atomic mass is 10.3. The summed E-state index contributed by atoms with van der Waals surface area (Å²) < 4.78 is 2.03. The number of carbonyl (C=O) groups is 1. The van der Waals surface area contributed by atoms with Gasteiger partial charge in [-0.2, -0.15) is 0 Å². The Morgan fingerprint density at radius 2 is 2.05 bits per heavy atom. The number of halogens is 1. The molecule has 1 aromatic carbocycles. The summed E-state index contributed by atoms with van der Waals surface area (Å²) in [6, 6.07) is 5.67. The van der Waals surface area contributed by atoms with E-state index in [2.05, 4.69) is 4.98 Å². The van der Waals surface area contributed by atoms with Gasteiger partial charge in [0.15, 0.2) is 0 Å². The molecule has 1 heterocycles. The van der Waals surface area contributed by atoms with Crippen molar-refractivity contribution in [1.82, 2.24) is 19.4 Å². The molecular formula is C14H19ClN4O. The van der Waals surface area contributed by atoms with E-state index in [1.54, 1.807) is 19.0 Å². The zero-order chi connectivity index (χ0) is 14.9. The molecule has 0 bridgehead atoms. The fraction of sp³-hybridized carbons (Fsp3) is 0.429. The number of carbonyl (C=O) groups excluding carboxylic acids is 1. The molecule has 1 amide bonds. The summed E-state index contributed by atoms with van der Waals surface area (Å²) in [7, 11) is 7.40. The van der Waals surface area contributed by atoms with Gasteiger partial charge in [0.1, 0.15) is 5.82 Å². The van der Waals surface area contributed by atoms with Crippen LogP contribution in [0, 0.1) is 0 Å². The highest BCUT2D eigenvalue weighted by atomic mass is 35.5. The van der Waals surface area contributed by atoms with Gasteiger partial charge in [0.2, 0.25) is 5.91 Å². The monoisotopic (exact) mass is 294 g/mol. The van der Waals surface area contributed by atoms with E-state index in [-0.39, 0.29) is 5.91 Å². The summed E-state index contributed by atoms with van der Waals surface area (Å²) in [6.45, 7) is 0.985. The highest BCUT2D eigenvalue weighted by Gasteiger charge is 2.13. The summed E-state index contributed by atoms with van der Waals surface area (Å²) >= 11 is 5.98. The SMILES string of the molecule is CN(CC(=O)N(C)C)Cc1nc2cc(Cl)ccc2n1C. The first-order chi connectivity index (χ1) is 9.38. The minimum absolute atomic E-state index is 0.0781. The second-order valence-corrected chi connectivity index (χ2v) is 5.62. The van der Waals surface area contributed by atoms with Crippen LogP contribution in [0.1, 0.15) is 5.82 Å². The Morgan fingerprint density at radius 1 is 1.35 bits per heavy atom. The summed E-state index contributed by atoms with van der Waals surface area (Å²) in [5.74, 6) is 0.991. The number of fused-ring (bicyclic) bond motifs is 1. The molecule has 0 unspecified atom stereocenters. The van der Waals surface area contributed by atoms with Crippen molar-refractivity contribution in [2.24, 2.45) is 7.05 Å². The largest absolute Gasteiger partial charge is 0.348 e. The van der Waals surface area contributed by atoms with Crippen LogP contribution in [0.25, 0.3) is 11.0 Å². The van der Waals surface area contributed by atoms with Crippen LogP contribution in [-0.4, -0.2) is 52.9 Å². The Kier molecular flexibility index (Phi) is 4.30. The predicted octanol–water partition coefficient (Wildman–Crippen LogP) is 1.75. The number of nitrogens with zero attached hydrogens (tertiary/aromatic N) is 4. The van der Waals surface area contributed by atoms with Crippen molar-refractivity contribution >= 4 is 28.5 Å². The molecule has 108 valence electrons. The van der Waals surface area contributed by atoms with Crippen LogP contribution in [0.4, 0.5) is 0 Å². The molecule has 0 aliphatic heterocycles. The maximum atomic E-state index is 11.7. The molecule has 6 heteroatoms. The van der Waals surface area contributed by atoms with Crippen molar-refractivity contribution in [3.63, 3.8) is 0 Å². The summed E-state index contributed by atoms with van der Waals surface area (Å²) in [5, 5.41) is 0.679. The molecule has 0 saturated heterocycles. The maximum Gasteiger partial charge on any atom is 0.236 e. The Bertz CT molecular complexity index is 635. The summed E-state index contributed by atoms with van der Waals surface area (Å²) in [4.78, 5) is 19.8. The van der Waals surface area contributed by atoms with Crippen LogP contribution >= 0.6 is 11.6 Å². The standard InChI is InChI=1S/C14H19ClN4O/c1-17(2)14(20)9-18(3)8-13-16-11-7-10(15)5-6-12(11)19(13)4/h5-7H,8-9H2,1-4H3. The van der Waals surface area contributed by atoms with Gasteiger partial charge in [0.25, 0.3) is 0 Å². The van der Waals surface area contributed by atoms with Gasteiger partial charge in [-0.05, 0) is 25.2 Å². The minimum Gasteiger partial charge on any atom is -0.348 e. The number of hydrogen-bond donors (Lipinski definition) is 0. The van der Waals surface area contributed by atoms with Gasteiger partial charge in [-0.3, -0.25) is 9.69 Å². The third-order valence-electron chi connectivity index (χ3n) is 3.25. The number of aromatic nitrogens is 2. The van der Waals surface area contributed by atoms with Gasteiger partial charge in [-0.25, -0.2) is 4.98 Å². The van der Waals surface area contributed by atoms with Crippen LogP contribution < -0.4 is 0 Å². The normalized spacial score (nSPS) is 11.3. The second kappa shape index (κ2) is 5.81. The van der Waals surface area contributed by atoms with E-state index in [0.717, 1.165) is 16.9 Å². The molecule has 0 saturated carbocycles. The number of aryl methyl sites for hydroxylation is 1. The Hall–Kier alpha value is -1.59. The highest BCUT2D eigenvalue weighted by Crippen LogP contribution is 2.20. The summed E-state index contributed by atoms with van der Waals surface area (Å²) in [5.41, 5.74) is 1.92. The first-order valence-corrected chi connectivity index (χ1v) is 6.76. The number of rotatable bonds is 4. The van der Waals surface area contributed by atoms with Gasteiger partial charge in [-0.1, -0.05) is 11.6 Å². The van der Waals surface area contributed by atoms with E-state index < -0.39 is 0 Å². The molecule has 1 aromatic heterocycles. The third-order valence-corrected chi connectivity index (χ3v) is 3.49. The van der Waals surface area contributed by atoms with Gasteiger partial charge in [0.05, 0.1) is 24.1 Å². The number of benzene rings is 1. The minimum atomic E-state index is 0.0781. The van der Waals surface area contributed by atoms with E-state index in [9.17, 15) is 4.79 Å². The Labute approximate surface area is 123 Å². The van der Waals surface area contributed by atoms with Crippen LogP contribution in [0.3, 0.4) is 0 Å². The fourth-order valence-corrected chi connectivity index (χ4v) is 2.20. The maximum absolute atomic E-state index is 11.7. The second-order valence-electron chi connectivity index (χ2n) is 5.18. The number of amides is 1. The lowest BCUT2D eigenvalue weighted by Crippen LogP contribution is -2.34. The zero-order valence-corrected chi connectivity index (χ0v) is 13.0. The average Bonchev–Trinajstić information content (AvgIpc) is 2.65. The molecular weight excluding hydrogens is 276 g/mol. The van der Waals surface area contributed by atoms with E-state index in [1.807, 2.05) is 41.8 Å². The molecule has 0 aliphatic carbocycles. The van der Waals surface area contributed by atoms with Crippen molar-refractivity contribution in [3.05, 3.63) is 29.0 Å². The molecule has 0 radical (unpaired) electrons. The van der Waals surface area contributed by atoms with E-state index >= 15 is 0 Å². The van der Waals surface area contributed by atoms with Crippen LogP contribution in [0.5, 0.6) is 0 Å². The van der Waals surface area contributed by atoms with Crippen LogP contribution in [-0.2, 0) is 18.4 Å². The molecule has 0 fully saturated rings. The molecule has 20 heavy (non-hydrogen) atoms. The average molecular weight is 295 g/mol.